The van der Waals surface area contributed by atoms with E-state index in [4.69, 9.17) is 5.11 Å². The summed E-state index contributed by atoms with van der Waals surface area (Å²) in [5.74, 6) is 0. The van der Waals surface area contributed by atoms with Crippen LogP contribution in [-0.2, 0) is 0 Å². The number of hydrogen-bond acceptors (Lipinski definition) is 1. The smallest absolute Gasteiger partial charge is 0.0746 e. The fourth-order valence-corrected chi connectivity index (χ4v) is 1.03. The summed E-state index contributed by atoms with van der Waals surface area (Å²) in [4.78, 5) is 0. The Morgan fingerprint density at radius 2 is 2.00 bits per heavy atom. The average molecular weight is 239 g/mol. The molecule has 0 spiro atoms. The molecule has 68 valence electrons. The zero-order valence-corrected chi connectivity index (χ0v) is 8.74. The first-order chi connectivity index (χ1) is 6.33. The number of allylic oxidation sites excluding steroid dienone is 2. The second-order valence-corrected chi connectivity index (χ2v) is 3.56. The third-order valence-corrected chi connectivity index (χ3v) is 2.03. The van der Waals surface area contributed by atoms with Gasteiger partial charge in [-0.3, -0.25) is 0 Å². The van der Waals surface area contributed by atoms with Crippen LogP contribution in [-0.4, -0.2) is 11.7 Å². The van der Waals surface area contributed by atoms with Crippen molar-refractivity contribution in [2.24, 2.45) is 0 Å². The number of rotatable bonds is 3. The zero-order chi connectivity index (χ0) is 9.52. The first kappa shape index (κ1) is 10.2. The Balaban J connectivity index is 2.60. The van der Waals surface area contributed by atoms with Crippen molar-refractivity contribution in [3.05, 3.63) is 52.5 Å². The van der Waals surface area contributed by atoms with E-state index in [0.717, 1.165) is 10.0 Å². The van der Waals surface area contributed by atoms with Crippen LogP contribution < -0.4 is 0 Å². The van der Waals surface area contributed by atoms with E-state index >= 15 is 0 Å². The maximum atomic E-state index is 8.68. The molecule has 1 nitrogen and oxygen atoms in total. The molecule has 0 amide bonds. The number of benzene rings is 1. The van der Waals surface area contributed by atoms with Gasteiger partial charge in [0.1, 0.15) is 0 Å². The Morgan fingerprint density at radius 3 is 2.62 bits per heavy atom. The Kier molecular flexibility index (Phi) is 4.50. The third kappa shape index (κ3) is 4.06. The van der Waals surface area contributed by atoms with Crippen LogP contribution >= 0.6 is 15.9 Å². The fraction of sp³-hybridized carbons (Fsp3) is 0.0909. The first-order valence-electron chi connectivity index (χ1n) is 4.01. The lowest BCUT2D eigenvalue weighted by atomic mass is 10.2. The topological polar surface area (TPSA) is 20.2 Å². The molecule has 0 atom stereocenters. The van der Waals surface area contributed by atoms with Crippen LogP contribution in [0, 0.1) is 0 Å². The Morgan fingerprint density at radius 1 is 1.31 bits per heavy atom. The van der Waals surface area contributed by atoms with Crippen LogP contribution in [0.1, 0.15) is 5.56 Å². The molecule has 0 fully saturated rings. The van der Waals surface area contributed by atoms with Gasteiger partial charge in [0.05, 0.1) is 6.61 Å². The normalized spacial score (nSPS) is 12.3. The minimum atomic E-state index is 0.0408. The van der Waals surface area contributed by atoms with Gasteiger partial charge in [0.25, 0.3) is 0 Å². The first-order valence-corrected chi connectivity index (χ1v) is 4.81. The van der Waals surface area contributed by atoms with Crippen LogP contribution in [0.3, 0.4) is 0 Å². The van der Waals surface area contributed by atoms with Gasteiger partial charge in [-0.2, -0.15) is 0 Å². The average Bonchev–Trinajstić information content (AvgIpc) is 2.19. The van der Waals surface area contributed by atoms with E-state index in [2.05, 4.69) is 15.9 Å². The molecule has 0 saturated carbocycles. The number of aliphatic hydroxyl groups excluding tert-OH is 1. The summed E-state index contributed by atoms with van der Waals surface area (Å²) in [5.41, 5.74) is 1.15. The van der Waals surface area contributed by atoms with Crippen LogP contribution in [0.5, 0.6) is 0 Å². The molecule has 0 aliphatic carbocycles. The second-order valence-electron chi connectivity index (χ2n) is 2.54. The summed E-state index contributed by atoms with van der Waals surface area (Å²) >= 11 is 3.21. The van der Waals surface area contributed by atoms with E-state index in [0.29, 0.717) is 0 Å². The van der Waals surface area contributed by atoms with Gasteiger partial charge in [-0.25, -0.2) is 0 Å². The van der Waals surface area contributed by atoms with Crippen LogP contribution in [0.2, 0.25) is 0 Å². The molecule has 1 N–H and O–H groups in total. The summed E-state index contributed by atoms with van der Waals surface area (Å²) in [5, 5.41) is 8.68. The molecule has 13 heavy (non-hydrogen) atoms. The number of halogens is 1. The van der Waals surface area contributed by atoms with Crippen LogP contribution in [0.25, 0.3) is 6.08 Å². The number of aliphatic hydroxyl groups is 1. The maximum absolute atomic E-state index is 8.68. The highest BCUT2D eigenvalue weighted by atomic mass is 79.9. The predicted octanol–water partition coefficient (Wildman–Crippen LogP) is 2.97. The molecule has 1 aromatic carbocycles. The van der Waals surface area contributed by atoms with Gasteiger partial charge in [0, 0.05) is 4.48 Å². The molecule has 1 aromatic rings. The van der Waals surface area contributed by atoms with Gasteiger partial charge in [-0.1, -0.05) is 58.4 Å². The highest BCUT2D eigenvalue weighted by Crippen LogP contribution is 2.05. The minimum Gasteiger partial charge on any atom is -0.391 e. The summed E-state index contributed by atoms with van der Waals surface area (Å²) in [6.45, 7) is 0.0408. The van der Waals surface area contributed by atoms with Gasteiger partial charge in [0.2, 0.25) is 0 Å². The molecule has 0 aliphatic rings. The second kappa shape index (κ2) is 5.73. The summed E-state index contributed by atoms with van der Waals surface area (Å²) in [7, 11) is 0. The standard InChI is InChI=1S/C11H11BrO/c12-11(9-13)8-4-7-10-5-2-1-3-6-10/h1-8,13H,9H2/b7-4+,11-8-. The Bertz CT molecular complexity index is 301. The molecule has 0 aliphatic heterocycles. The van der Waals surface area contributed by atoms with Crippen molar-refractivity contribution in [2.75, 3.05) is 6.61 Å². The highest BCUT2D eigenvalue weighted by molar-refractivity contribution is 9.11. The van der Waals surface area contributed by atoms with Gasteiger partial charge in [-0.15, -0.1) is 0 Å². The lowest BCUT2D eigenvalue weighted by molar-refractivity contribution is 0.340. The maximum Gasteiger partial charge on any atom is 0.0746 e. The van der Waals surface area contributed by atoms with Crippen molar-refractivity contribution in [1.29, 1.82) is 0 Å². The van der Waals surface area contributed by atoms with Gasteiger partial charge >= 0.3 is 0 Å². The van der Waals surface area contributed by atoms with E-state index in [1.165, 1.54) is 0 Å². The molecule has 0 radical (unpaired) electrons. The molecule has 0 unspecified atom stereocenters. The van der Waals surface area contributed by atoms with Gasteiger partial charge < -0.3 is 5.11 Å². The van der Waals surface area contributed by atoms with Crippen molar-refractivity contribution in [2.45, 2.75) is 0 Å². The Labute approximate surface area is 86.5 Å². The summed E-state index contributed by atoms with van der Waals surface area (Å²) in [6.07, 6.45) is 5.71. The quantitative estimate of drug-likeness (QED) is 0.804. The van der Waals surface area contributed by atoms with Crippen molar-refractivity contribution in [3.8, 4) is 0 Å². The predicted molar refractivity (Wildman–Crippen MR) is 59.6 cm³/mol. The molecular formula is C11H11BrO. The summed E-state index contributed by atoms with van der Waals surface area (Å²) < 4.78 is 0.777. The molecule has 0 saturated heterocycles. The van der Waals surface area contributed by atoms with E-state index in [9.17, 15) is 0 Å². The van der Waals surface area contributed by atoms with E-state index < -0.39 is 0 Å². The largest absolute Gasteiger partial charge is 0.391 e. The van der Waals surface area contributed by atoms with Crippen molar-refractivity contribution < 1.29 is 5.11 Å². The van der Waals surface area contributed by atoms with Gasteiger partial charge in [-0.05, 0) is 11.6 Å². The molecule has 0 bridgehead atoms. The van der Waals surface area contributed by atoms with Crippen LogP contribution in [0.15, 0.2) is 47.0 Å². The SMILES string of the molecule is OC/C(Br)=C/C=C/c1ccccc1. The third-order valence-electron chi connectivity index (χ3n) is 1.52. The van der Waals surface area contributed by atoms with Crippen molar-refractivity contribution >= 4 is 22.0 Å². The fourth-order valence-electron chi connectivity index (χ4n) is 0.880. The van der Waals surface area contributed by atoms with Gasteiger partial charge in [0.15, 0.2) is 0 Å². The lowest BCUT2D eigenvalue weighted by Gasteiger charge is -1.89. The minimum absolute atomic E-state index is 0.0408. The Hall–Kier alpha value is -0.860. The van der Waals surface area contributed by atoms with Crippen molar-refractivity contribution in [1.82, 2.24) is 0 Å². The highest BCUT2D eigenvalue weighted by Gasteiger charge is 1.83. The molecule has 1 rings (SSSR count). The molecule has 0 aromatic heterocycles. The molecule has 0 heterocycles. The van der Waals surface area contributed by atoms with E-state index in [1.54, 1.807) is 0 Å². The van der Waals surface area contributed by atoms with Crippen LogP contribution in [0.4, 0.5) is 0 Å². The summed E-state index contributed by atoms with van der Waals surface area (Å²) in [6, 6.07) is 10.0. The molecular weight excluding hydrogens is 228 g/mol. The zero-order valence-electron chi connectivity index (χ0n) is 7.15. The van der Waals surface area contributed by atoms with E-state index in [1.807, 2.05) is 48.6 Å². The number of hydrogen-bond donors (Lipinski definition) is 1. The van der Waals surface area contributed by atoms with E-state index in [-0.39, 0.29) is 6.61 Å². The monoisotopic (exact) mass is 238 g/mol. The van der Waals surface area contributed by atoms with Crippen molar-refractivity contribution in [3.63, 3.8) is 0 Å². The lowest BCUT2D eigenvalue weighted by Crippen LogP contribution is -1.77. The molecule has 2 heteroatoms.